The highest BCUT2D eigenvalue weighted by Gasteiger charge is 2.28. The van der Waals surface area contributed by atoms with Gasteiger partial charge in [-0.15, -0.1) is 0 Å². The van der Waals surface area contributed by atoms with Crippen LogP contribution < -0.4 is 0 Å². The third-order valence-corrected chi connectivity index (χ3v) is 6.36. The molecule has 0 aliphatic heterocycles. The van der Waals surface area contributed by atoms with Crippen LogP contribution in [0.15, 0.2) is 28.7 Å². The van der Waals surface area contributed by atoms with Gasteiger partial charge in [-0.3, -0.25) is 4.79 Å². The largest absolute Gasteiger partial charge is 0.292 e. The van der Waals surface area contributed by atoms with Gasteiger partial charge in [0, 0.05) is 15.8 Å². The molecule has 88 valence electrons. The van der Waals surface area contributed by atoms with Gasteiger partial charge in [-0.05, 0) is 12.1 Å². The number of benzene rings is 1. The SMILES string of the molecule is CCS(=O)(=O)[C@H](Br)C(=O)c1ccc(Br)cc1. The lowest BCUT2D eigenvalue weighted by Gasteiger charge is -2.08. The van der Waals surface area contributed by atoms with Gasteiger partial charge < -0.3 is 0 Å². The maximum Gasteiger partial charge on any atom is 0.191 e. The highest BCUT2D eigenvalue weighted by molar-refractivity contribution is 9.11. The van der Waals surface area contributed by atoms with Crippen LogP contribution in [0, 0.1) is 0 Å². The molecule has 0 N–H and O–H groups in total. The van der Waals surface area contributed by atoms with E-state index < -0.39 is 19.8 Å². The van der Waals surface area contributed by atoms with E-state index in [1.54, 1.807) is 24.3 Å². The van der Waals surface area contributed by atoms with E-state index in [9.17, 15) is 13.2 Å². The minimum absolute atomic E-state index is 0.0643. The molecule has 0 aromatic heterocycles. The number of carbonyl (C=O) groups excluding carboxylic acids is 1. The summed E-state index contributed by atoms with van der Waals surface area (Å²) in [6.07, 6.45) is 0. The molecule has 0 aliphatic rings. The van der Waals surface area contributed by atoms with Crippen LogP contribution >= 0.6 is 31.9 Å². The highest BCUT2D eigenvalue weighted by atomic mass is 79.9. The second-order valence-electron chi connectivity index (χ2n) is 3.14. The van der Waals surface area contributed by atoms with Gasteiger partial charge in [0.1, 0.15) is 0 Å². The third-order valence-electron chi connectivity index (χ3n) is 2.05. The Balaban J connectivity index is 2.99. The molecule has 1 aromatic rings. The lowest BCUT2D eigenvalue weighted by molar-refractivity contribution is 0.101. The first kappa shape index (κ1) is 13.9. The molecule has 0 amide bonds. The molecule has 3 nitrogen and oxygen atoms in total. The molecular weight excluding hydrogens is 360 g/mol. The van der Waals surface area contributed by atoms with Crippen LogP contribution in [0.5, 0.6) is 0 Å². The number of sulfone groups is 1. The molecule has 0 unspecified atom stereocenters. The molecule has 1 atom stereocenters. The van der Waals surface area contributed by atoms with Crippen LogP contribution in [0.4, 0.5) is 0 Å². The van der Waals surface area contributed by atoms with Crippen molar-refractivity contribution in [3.8, 4) is 0 Å². The molecular formula is C10H10Br2O3S. The van der Waals surface area contributed by atoms with Gasteiger partial charge in [0.05, 0.1) is 0 Å². The van der Waals surface area contributed by atoms with E-state index in [1.807, 2.05) is 0 Å². The first-order valence-corrected chi connectivity index (χ1v) is 7.96. The Morgan fingerprint density at radius 3 is 2.25 bits per heavy atom. The van der Waals surface area contributed by atoms with Gasteiger partial charge in [-0.25, -0.2) is 8.42 Å². The topological polar surface area (TPSA) is 51.2 Å². The minimum Gasteiger partial charge on any atom is -0.292 e. The van der Waals surface area contributed by atoms with Gasteiger partial charge >= 0.3 is 0 Å². The first-order chi connectivity index (χ1) is 7.38. The smallest absolute Gasteiger partial charge is 0.191 e. The molecule has 1 rings (SSSR count). The summed E-state index contributed by atoms with van der Waals surface area (Å²) >= 11 is 6.17. The summed E-state index contributed by atoms with van der Waals surface area (Å²) in [6.45, 7) is 1.51. The summed E-state index contributed by atoms with van der Waals surface area (Å²) in [6, 6.07) is 6.58. The van der Waals surface area contributed by atoms with Crippen molar-refractivity contribution in [3.63, 3.8) is 0 Å². The Morgan fingerprint density at radius 2 is 1.81 bits per heavy atom. The molecule has 0 fully saturated rings. The van der Waals surface area contributed by atoms with E-state index in [2.05, 4.69) is 31.9 Å². The average molecular weight is 370 g/mol. The molecule has 16 heavy (non-hydrogen) atoms. The number of hydrogen-bond acceptors (Lipinski definition) is 3. The first-order valence-electron chi connectivity index (χ1n) is 4.54. The van der Waals surface area contributed by atoms with E-state index in [4.69, 9.17) is 0 Å². The summed E-state index contributed by atoms with van der Waals surface area (Å²) in [7, 11) is -3.40. The monoisotopic (exact) mass is 368 g/mol. The predicted molar refractivity (Wildman–Crippen MR) is 70.6 cm³/mol. The van der Waals surface area contributed by atoms with Gasteiger partial charge in [-0.1, -0.05) is 50.9 Å². The van der Waals surface area contributed by atoms with Crippen LogP contribution in [0.1, 0.15) is 17.3 Å². The maximum atomic E-state index is 11.8. The van der Waals surface area contributed by atoms with Crippen molar-refractivity contribution in [1.29, 1.82) is 0 Å². The number of carbonyl (C=O) groups is 1. The molecule has 0 spiro atoms. The van der Waals surface area contributed by atoms with E-state index >= 15 is 0 Å². The Hall–Kier alpha value is -0.200. The molecule has 6 heteroatoms. The number of Topliss-reactive ketones (excluding diaryl/α,β-unsaturated/α-hetero) is 1. The quantitative estimate of drug-likeness (QED) is 0.605. The van der Waals surface area contributed by atoms with Crippen LogP contribution in [0.2, 0.25) is 0 Å². The van der Waals surface area contributed by atoms with Crippen LogP contribution in [-0.2, 0) is 9.84 Å². The second kappa shape index (κ2) is 5.42. The zero-order chi connectivity index (χ0) is 12.3. The fraction of sp³-hybridized carbons (Fsp3) is 0.300. The summed E-state index contributed by atoms with van der Waals surface area (Å²) in [5.41, 5.74) is 0.377. The maximum absolute atomic E-state index is 11.8. The lowest BCUT2D eigenvalue weighted by Crippen LogP contribution is -2.26. The van der Waals surface area contributed by atoms with Crippen molar-refractivity contribution >= 4 is 47.5 Å². The van der Waals surface area contributed by atoms with E-state index in [0.29, 0.717) is 5.56 Å². The molecule has 0 heterocycles. The predicted octanol–water partition coefficient (Wildman–Crippen LogP) is 2.79. The summed E-state index contributed by atoms with van der Waals surface area (Å²) in [4.78, 5) is 11.8. The van der Waals surface area contributed by atoms with E-state index in [0.717, 1.165) is 4.47 Å². The van der Waals surface area contributed by atoms with Gasteiger partial charge in [0.2, 0.25) is 0 Å². The van der Waals surface area contributed by atoms with Gasteiger partial charge in [0.15, 0.2) is 19.8 Å². The number of halogens is 2. The van der Waals surface area contributed by atoms with Gasteiger partial charge in [0.25, 0.3) is 0 Å². The standard InChI is InChI=1S/C10H10Br2O3S/c1-2-16(14,15)10(12)9(13)7-3-5-8(11)6-4-7/h3-6,10H,2H2,1H3/t10-/m0/s1. The number of hydrogen-bond donors (Lipinski definition) is 0. The summed E-state index contributed by atoms with van der Waals surface area (Å²) in [5, 5.41) is 0. The van der Waals surface area contributed by atoms with Crippen molar-refractivity contribution < 1.29 is 13.2 Å². The van der Waals surface area contributed by atoms with E-state index in [1.165, 1.54) is 6.92 Å². The molecule has 0 saturated carbocycles. The Morgan fingerprint density at radius 1 is 1.31 bits per heavy atom. The summed E-state index contributed by atoms with van der Waals surface area (Å²) in [5.74, 6) is -0.500. The second-order valence-corrected chi connectivity index (χ2v) is 7.95. The molecule has 0 radical (unpaired) electrons. The Bertz CT molecular complexity index is 479. The minimum atomic E-state index is -3.40. The van der Waals surface area contributed by atoms with Crippen molar-refractivity contribution in [2.24, 2.45) is 0 Å². The molecule has 0 bridgehead atoms. The average Bonchev–Trinajstić information content (AvgIpc) is 2.28. The van der Waals surface area contributed by atoms with Crippen LogP contribution in [0.3, 0.4) is 0 Å². The fourth-order valence-electron chi connectivity index (χ4n) is 1.05. The molecule has 0 saturated heterocycles. The van der Waals surface area contributed by atoms with E-state index in [-0.39, 0.29) is 5.75 Å². The van der Waals surface area contributed by atoms with Crippen molar-refractivity contribution in [2.45, 2.75) is 11.1 Å². The van der Waals surface area contributed by atoms with Crippen LogP contribution in [0.25, 0.3) is 0 Å². The van der Waals surface area contributed by atoms with Crippen molar-refractivity contribution in [3.05, 3.63) is 34.3 Å². The number of alkyl halides is 1. The van der Waals surface area contributed by atoms with Crippen LogP contribution in [-0.4, -0.2) is 24.1 Å². The van der Waals surface area contributed by atoms with Crippen molar-refractivity contribution in [1.82, 2.24) is 0 Å². The molecule has 0 aliphatic carbocycles. The molecule has 1 aromatic carbocycles. The zero-order valence-corrected chi connectivity index (χ0v) is 12.5. The third kappa shape index (κ3) is 3.15. The summed E-state index contributed by atoms with van der Waals surface area (Å²) < 4.78 is 22.7. The fourth-order valence-corrected chi connectivity index (χ4v) is 3.13. The van der Waals surface area contributed by atoms with Crippen molar-refractivity contribution in [2.75, 3.05) is 5.75 Å². The van der Waals surface area contributed by atoms with Gasteiger partial charge in [-0.2, -0.15) is 0 Å². The normalized spacial score (nSPS) is 13.4. The lowest BCUT2D eigenvalue weighted by atomic mass is 10.1. The number of ketones is 1. The zero-order valence-electron chi connectivity index (χ0n) is 8.48. The number of rotatable bonds is 4. The highest BCUT2D eigenvalue weighted by Crippen LogP contribution is 2.18. The Labute approximate surface area is 111 Å². The Kier molecular flexibility index (Phi) is 4.70.